The van der Waals surface area contributed by atoms with Gasteiger partial charge in [0.2, 0.25) is 0 Å². The van der Waals surface area contributed by atoms with E-state index in [1.807, 2.05) is 0 Å². The van der Waals surface area contributed by atoms with Crippen LogP contribution in [0.5, 0.6) is 0 Å². The Kier molecular flexibility index (Phi) is 4.09. The molecule has 1 aliphatic rings. The van der Waals surface area contributed by atoms with Crippen molar-refractivity contribution in [1.29, 1.82) is 0 Å². The van der Waals surface area contributed by atoms with E-state index in [1.165, 1.54) is 22.3 Å². The van der Waals surface area contributed by atoms with Crippen LogP contribution in [-0.4, -0.2) is 13.1 Å². The first-order valence-electron chi connectivity index (χ1n) is 7.30. The van der Waals surface area contributed by atoms with E-state index in [0.29, 0.717) is 5.92 Å². The van der Waals surface area contributed by atoms with E-state index in [-0.39, 0.29) is 0 Å². The first-order valence-corrected chi connectivity index (χ1v) is 7.67. The van der Waals surface area contributed by atoms with Gasteiger partial charge < -0.3 is 5.32 Å². The topological polar surface area (TPSA) is 12.0 Å². The van der Waals surface area contributed by atoms with Crippen molar-refractivity contribution in [3.63, 3.8) is 0 Å². The summed E-state index contributed by atoms with van der Waals surface area (Å²) in [5.41, 5.74) is 5.43. The summed E-state index contributed by atoms with van der Waals surface area (Å²) in [5, 5.41) is 4.39. The Morgan fingerprint density at radius 1 is 1.20 bits per heavy atom. The molecule has 0 fully saturated rings. The van der Waals surface area contributed by atoms with Crippen LogP contribution in [0.25, 0.3) is 0 Å². The first kappa shape index (κ1) is 13.7. The molecule has 1 unspecified atom stereocenters. The number of nitrogens with one attached hydrogen (secondary N) is 1. The smallest absolute Gasteiger partial charge is 0.0444 e. The Balaban J connectivity index is 1.95. The van der Waals surface area contributed by atoms with E-state index in [4.69, 9.17) is 11.6 Å². The highest BCUT2D eigenvalue weighted by Gasteiger charge is 2.16. The van der Waals surface area contributed by atoms with Crippen LogP contribution in [-0.2, 0) is 12.8 Å². The fraction of sp³-hybridized carbons (Fsp3) is 0.333. The Morgan fingerprint density at radius 2 is 2.00 bits per heavy atom. The van der Waals surface area contributed by atoms with Crippen molar-refractivity contribution >= 4 is 11.6 Å². The van der Waals surface area contributed by atoms with Crippen molar-refractivity contribution in [3.05, 3.63) is 69.7 Å². The fourth-order valence-electron chi connectivity index (χ4n) is 2.96. The molecule has 2 aromatic rings. The molecule has 0 amide bonds. The third-order valence-corrected chi connectivity index (χ3v) is 4.45. The summed E-state index contributed by atoms with van der Waals surface area (Å²) in [6.45, 7) is 4.37. The second-order valence-corrected chi connectivity index (χ2v) is 6.07. The molecule has 1 atom stereocenters. The average Bonchev–Trinajstić information content (AvgIpc) is 2.63. The van der Waals surface area contributed by atoms with Crippen molar-refractivity contribution in [1.82, 2.24) is 5.32 Å². The third-order valence-electron chi connectivity index (χ3n) is 4.10. The minimum atomic E-state index is 0.538. The van der Waals surface area contributed by atoms with Gasteiger partial charge in [0, 0.05) is 11.6 Å². The number of fused-ring (bicyclic) bond motifs is 1. The van der Waals surface area contributed by atoms with Crippen molar-refractivity contribution < 1.29 is 0 Å². The van der Waals surface area contributed by atoms with E-state index in [1.54, 1.807) is 0 Å². The molecule has 0 saturated carbocycles. The number of halogens is 1. The summed E-state index contributed by atoms with van der Waals surface area (Å²) in [7, 11) is 0. The highest BCUT2D eigenvalue weighted by Crippen LogP contribution is 2.30. The zero-order valence-corrected chi connectivity index (χ0v) is 12.6. The molecule has 1 N–H and O–H groups in total. The molecule has 0 aliphatic carbocycles. The molecule has 1 aliphatic heterocycles. The number of hydrogen-bond acceptors (Lipinski definition) is 1. The van der Waals surface area contributed by atoms with Gasteiger partial charge in [-0.15, -0.1) is 0 Å². The van der Waals surface area contributed by atoms with Crippen LogP contribution in [0.1, 0.15) is 35.1 Å². The van der Waals surface area contributed by atoms with E-state index < -0.39 is 0 Å². The lowest BCUT2D eigenvalue weighted by Crippen LogP contribution is -2.18. The predicted octanol–water partition coefficient (Wildman–Crippen LogP) is 4.18. The van der Waals surface area contributed by atoms with Crippen LogP contribution in [0.15, 0.2) is 42.5 Å². The average molecular weight is 286 g/mol. The quantitative estimate of drug-likeness (QED) is 0.873. The van der Waals surface area contributed by atoms with Crippen LogP contribution >= 0.6 is 11.6 Å². The second kappa shape index (κ2) is 5.99. The molecule has 2 aromatic carbocycles. The van der Waals surface area contributed by atoms with Gasteiger partial charge in [-0.1, -0.05) is 54.9 Å². The number of benzene rings is 2. The maximum atomic E-state index is 6.51. The maximum Gasteiger partial charge on any atom is 0.0444 e. The van der Waals surface area contributed by atoms with Gasteiger partial charge in [-0.2, -0.15) is 0 Å². The molecule has 2 heteroatoms. The second-order valence-electron chi connectivity index (χ2n) is 5.66. The van der Waals surface area contributed by atoms with Crippen molar-refractivity contribution in [2.75, 3.05) is 13.1 Å². The molecule has 20 heavy (non-hydrogen) atoms. The van der Waals surface area contributed by atoms with E-state index in [2.05, 4.69) is 54.7 Å². The standard InChI is InChI=1S/C18H20ClN/c1-13-12-20-8-7-15-10-16(18(19)11-17(13)15)9-14-5-3-2-4-6-14/h2-6,10-11,13,20H,7-9,12H2,1H3. The summed E-state index contributed by atoms with van der Waals surface area (Å²) in [5.74, 6) is 0.538. The van der Waals surface area contributed by atoms with Gasteiger partial charge in [-0.05, 0) is 53.6 Å². The lowest BCUT2D eigenvalue weighted by Gasteiger charge is -2.15. The third kappa shape index (κ3) is 2.89. The van der Waals surface area contributed by atoms with Gasteiger partial charge >= 0.3 is 0 Å². The summed E-state index contributed by atoms with van der Waals surface area (Å²) in [4.78, 5) is 0. The van der Waals surface area contributed by atoms with E-state index >= 15 is 0 Å². The summed E-state index contributed by atoms with van der Waals surface area (Å²) in [6.07, 6.45) is 2.01. The molecular formula is C18H20ClN. The van der Waals surface area contributed by atoms with E-state index in [0.717, 1.165) is 31.0 Å². The molecule has 1 nitrogen and oxygen atoms in total. The minimum absolute atomic E-state index is 0.538. The first-order chi connectivity index (χ1) is 9.74. The van der Waals surface area contributed by atoms with Crippen LogP contribution in [0, 0.1) is 0 Å². The number of rotatable bonds is 2. The zero-order chi connectivity index (χ0) is 13.9. The van der Waals surface area contributed by atoms with Gasteiger partial charge in [-0.25, -0.2) is 0 Å². The highest BCUT2D eigenvalue weighted by molar-refractivity contribution is 6.31. The van der Waals surface area contributed by atoms with E-state index in [9.17, 15) is 0 Å². The largest absolute Gasteiger partial charge is 0.316 e. The monoisotopic (exact) mass is 285 g/mol. The molecule has 0 saturated heterocycles. The molecule has 0 radical (unpaired) electrons. The minimum Gasteiger partial charge on any atom is -0.316 e. The van der Waals surface area contributed by atoms with Gasteiger partial charge in [0.05, 0.1) is 0 Å². The molecule has 0 spiro atoms. The normalized spacial score (nSPS) is 18.4. The molecule has 0 bridgehead atoms. The van der Waals surface area contributed by atoms with Gasteiger partial charge in [0.25, 0.3) is 0 Å². The van der Waals surface area contributed by atoms with Crippen molar-refractivity contribution in [2.24, 2.45) is 0 Å². The Labute approximate surface area is 126 Å². The summed E-state index contributed by atoms with van der Waals surface area (Å²) in [6, 6.07) is 15.0. The Morgan fingerprint density at radius 3 is 2.80 bits per heavy atom. The maximum absolute atomic E-state index is 6.51. The molecule has 1 heterocycles. The zero-order valence-electron chi connectivity index (χ0n) is 11.8. The highest BCUT2D eigenvalue weighted by atomic mass is 35.5. The number of hydrogen-bond donors (Lipinski definition) is 1. The lowest BCUT2D eigenvalue weighted by molar-refractivity contribution is 0.644. The SMILES string of the molecule is CC1CNCCc2cc(Cc3ccccc3)c(Cl)cc21. The molecular weight excluding hydrogens is 266 g/mol. The van der Waals surface area contributed by atoms with Gasteiger partial charge in [0.15, 0.2) is 0 Å². The van der Waals surface area contributed by atoms with Crippen LogP contribution in [0.2, 0.25) is 5.02 Å². The van der Waals surface area contributed by atoms with Crippen LogP contribution in [0.3, 0.4) is 0 Å². The van der Waals surface area contributed by atoms with Gasteiger partial charge in [0.1, 0.15) is 0 Å². The van der Waals surface area contributed by atoms with Crippen LogP contribution < -0.4 is 5.32 Å². The predicted molar refractivity (Wildman–Crippen MR) is 85.7 cm³/mol. The molecule has 3 rings (SSSR count). The van der Waals surface area contributed by atoms with Crippen LogP contribution in [0.4, 0.5) is 0 Å². The van der Waals surface area contributed by atoms with Crippen molar-refractivity contribution in [2.45, 2.75) is 25.7 Å². The van der Waals surface area contributed by atoms with Crippen molar-refractivity contribution in [3.8, 4) is 0 Å². The molecule has 104 valence electrons. The van der Waals surface area contributed by atoms with Gasteiger partial charge in [-0.3, -0.25) is 0 Å². The Hall–Kier alpha value is -1.31. The molecule has 0 aromatic heterocycles. The lowest BCUT2D eigenvalue weighted by atomic mass is 9.92. The fourth-order valence-corrected chi connectivity index (χ4v) is 3.20. The summed E-state index contributed by atoms with van der Waals surface area (Å²) >= 11 is 6.51. The Bertz CT molecular complexity index is 592. The summed E-state index contributed by atoms with van der Waals surface area (Å²) < 4.78 is 0.